The van der Waals surface area contributed by atoms with Crippen LogP contribution in [0.25, 0.3) is 6.08 Å². The normalized spacial score (nSPS) is 14.0. The van der Waals surface area contributed by atoms with Crippen molar-refractivity contribution in [1.82, 2.24) is 5.16 Å². The highest BCUT2D eigenvalue weighted by Crippen LogP contribution is 2.15. The molecule has 1 aliphatic heterocycles. The lowest BCUT2D eigenvalue weighted by Gasteiger charge is -1.89. The van der Waals surface area contributed by atoms with Crippen LogP contribution in [0.4, 0.5) is 5.69 Å². The third-order valence-electron chi connectivity index (χ3n) is 1.20. The quantitative estimate of drug-likeness (QED) is 0.579. The summed E-state index contributed by atoms with van der Waals surface area (Å²) in [6, 6.07) is 0. The van der Waals surface area contributed by atoms with E-state index in [-0.39, 0.29) is 0 Å². The van der Waals surface area contributed by atoms with Gasteiger partial charge in [-0.15, -0.1) is 0 Å². The van der Waals surface area contributed by atoms with Gasteiger partial charge in [0.1, 0.15) is 17.6 Å². The molecule has 0 amide bonds. The molecule has 10 heavy (non-hydrogen) atoms. The van der Waals surface area contributed by atoms with E-state index in [4.69, 9.17) is 0 Å². The van der Waals surface area contributed by atoms with Crippen molar-refractivity contribution >= 4 is 18.0 Å². The Kier molecular flexibility index (Phi) is 1.04. The zero-order valence-corrected chi connectivity index (χ0v) is 5.11. The summed E-state index contributed by atoms with van der Waals surface area (Å²) in [7, 11) is 0. The zero-order valence-electron chi connectivity index (χ0n) is 5.11. The molecule has 0 spiro atoms. The average molecular weight is 135 g/mol. The number of nitrogens with one attached hydrogen (secondary N) is 1. The Morgan fingerprint density at radius 2 is 2.50 bits per heavy atom. The van der Waals surface area contributed by atoms with Crippen molar-refractivity contribution in [3.63, 3.8) is 0 Å². The van der Waals surface area contributed by atoms with Crippen LogP contribution in [0.5, 0.6) is 0 Å². The van der Waals surface area contributed by atoms with Crippen LogP contribution < -0.4 is 5.43 Å². The molecule has 1 N–H and O–H groups in total. The Morgan fingerprint density at radius 1 is 1.50 bits per heavy atom. The highest BCUT2D eigenvalue weighted by atomic mass is 16.5. The van der Waals surface area contributed by atoms with Gasteiger partial charge in [-0.2, -0.15) is 5.10 Å². The number of rotatable bonds is 0. The second-order valence-corrected chi connectivity index (χ2v) is 1.86. The maximum absolute atomic E-state index is 4.69. The molecular weight excluding hydrogens is 130 g/mol. The topological polar surface area (TPSA) is 50.4 Å². The first-order chi connectivity index (χ1) is 4.97. The summed E-state index contributed by atoms with van der Waals surface area (Å²) in [5.41, 5.74) is 4.33. The Morgan fingerprint density at radius 3 is 3.50 bits per heavy atom. The number of allylic oxidation sites excluding steroid dienone is 1. The molecule has 0 fully saturated rings. The van der Waals surface area contributed by atoms with Gasteiger partial charge in [0.05, 0.1) is 0 Å². The maximum atomic E-state index is 4.69. The van der Waals surface area contributed by atoms with Gasteiger partial charge in [0.25, 0.3) is 0 Å². The standard InChI is InChI=1S/C6H5N3O/c1-2-5-6(4-10-9-5)8-7-3-1/h1-4,8H. The average Bonchev–Trinajstić information content (AvgIpc) is 2.28. The lowest BCUT2D eigenvalue weighted by Crippen LogP contribution is -1.85. The van der Waals surface area contributed by atoms with Crippen LogP contribution in [0, 0.1) is 0 Å². The molecule has 1 aliphatic rings. The molecule has 0 atom stereocenters. The lowest BCUT2D eigenvalue weighted by molar-refractivity contribution is 0.418. The molecule has 0 aromatic carbocycles. The van der Waals surface area contributed by atoms with E-state index in [1.165, 1.54) is 6.26 Å². The fourth-order valence-corrected chi connectivity index (χ4v) is 0.733. The van der Waals surface area contributed by atoms with Crippen molar-refractivity contribution in [3.8, 4) is 0 Å². The maximum Gasteiger partial charge on any atom is 0.149 e. The molecule has 2 rings (SSSR count). The first-order valence-electron chi connectivity index (χ1n) is 2.87. The van der Waals surface area contributed by atoms with Gasteiger partial charge in [-0.3, -0.25) is 5.43 Å². The Labute approximate surface area is 57.2 Å². The first-order valence-corrected chi connectivity index (χ1v) is 2.87. The minimum atomic E-state index is 0.775. The molecule has 4 heteroatoms. The van der Waals surface area contributed by atoms with Gasteiger partial charge in [-0.25, -0.2) is 0 Å². The number of aromatic nitrogens is 1. The Balaban J connectivity index is 2.50. The lowest BCUT2D eigenvalue weighted by atomic mass is 10.3. The van der Waals surface area contributed by atoms with Crippen LogP contribution in [-0.4, -0.2) is 11.4 Å². The minimum Gasteiger partial charge on any atom is -0.362 e. The van der Waals surface area contributed by atoms with E-state index in [1.807, 2.05) is 6.08 Å². The molecule has 50 valence electrons. The van der Waals surface area contributed by atoms with Gasteiger partial charge in [-0.1, -0.05) is 5.16 Å². The summed E-state index contributed by atoms with van der Waals surface area (Å²) in [6.07, 6.45) is 6.79. The summed E-state index contributed by atoms with van der Waals surface area (Å²) in [6.45, 7) is 0. The van der Waals surface area contributed by atoms with E-state index in [9.17, 15) is 0 Å². The van der Waals surface area contributed by atoms with E-state index in [1.54, 1.807) is 12.3 Å². The number of nitrogens with zero attached hydrogens (tertiary/aromatic N) is 2. The van der Waals surface area contributed by atoms with Gasteiger partial charge >= 0.3 is 0 Å². The van der Waals surface area contributed by atoms with Crippen molar-refractivity contribution in [3.05, 3.63) is 18.0 Å². The fraction of sp³-hybridized carbons (Fsp3) is 0. The summed E-state index contributed by atoms with van der Waals surface area (Å²) < 4.78 is 4.69. The molecular formula is C6H5N3O. The molecule has 0 unspecified atom stereocenters. The van der Waals surface area contributed by atoms with Gasteiger partial charge in [0.15, 0.2) is 0 Å². The number of anilines is 1. The van der Waals surface area contributed by atoms with E-state index >= 15 is 0 Å². The molecule has 1 aromatic rings. The van der Waals surface area contributed by atoms with Crippen LogP contribution >= 0.6 is 0 Å². The monoisotopic (exact) mass is 135 g/mol. The van der Waals surface area contributed by atoms with Gasteiger partial charge < -0.3 is 4.52 Å². The fourth-order valence-electron chi connectivity index (χ4n) is 0.733. The predicted molar refractivity (Wildman–Crippen MR) is 37.7 cm³/mol. The number of fused-ring (bicyclic) bond motifs is 1. The second kappa shape index (κ2) is 1.98. The highest BCUT2D eigenvalue weighted by molar-refractivity contribution is 5.82. The largest absolute Gasteiger partial charge is 0.362 e. The van der Waals surface area contributed by atoms with Crippen LogP contribution in [0.3, 0.4) is 0 Å². The van der Waals surface area contributed by atoms with Crippen LogP contribution in [0.1, 0.15) is 5.69 Å². The van der Waals surface area contributed by atoms with Crippen molar-refractivity contribution in [2.24, 2.45) is 5.10 Å². The summed E-state index contributed by atoms with van der Waals surface area (Å²) >= 11 is 0. The van der Waals surface area contributed by atoms with E-state index in [2.05, 4.69) is 20.2 Å². The molecule has 0 bridgehead atoms. The first kappa shape index (κ1) is 5.22. The summed E-state index contributed by atoms with van der Waals surface area (Å²) in [4.78, 5) is 0. The smallest absolute Gasteiger partial charge is 0.149 e. The number of hydrazone groups is 1. The highest BCUT2D eigenvalue weighted by Gasteiger charge is 2.03. The Bertz CT molecular complexity index is 287. The van der Waals surface area contributed by atoms with Crippen LogP contribution in [0.15, 0.2) is 22.0 Å². The SMILES string of the molecule is C1=Cc2nocc2NN=C1. The van der Waals surface area contributed by atoms with Crippen molar-refractivity contribution in [2.45, 2.75) is 0 Å². The summed E-state index contributed by atoms with van der Waals surface area (Å²) in [5, 5.41) is 7.54. The van der Waals surface area contributed by atoms with Crippen LogP contribution in [0.2, 0.25) is 0 Å². The molecule has 1 aromatic heterocycles. The van der Waals surface area contributed by atoms with Gasteiger partial charge in [0, 0.05) is 6.21 Å². The van der Waals surface area contributed by atoms with Gasteiger partial charge in [-0.05, 0) is 12.2 Å². The molecule has 0 saturated carbocycles. The molecule has 0 radical (unpaired) electrons. The molecule has 4 nitrogen and oxygen atoms in total. The third-order valence-corrected chi connectivity index (χ3v) is 1.20. The van der Waals surface area contributed by atoms with Crippen molar-refractivity contribution < 1.29 is 4.52 Å². The van der Waals surface area contributed by atoms with Crippen molar-refractivity contribution in [2.75, 3.05) is 5.43 Å². The van der Waals surface area contributed by atoms with Crippen LogP contribution in [-0.2, 0) is 0 Å². The van der Waals surface area contributed by atoms with Gasteiger partial charge in [0.2, 0.25) is 0 Å². The number of hydrogen-bond acceptors (Lipinski definition) is 4. The molecule has 2 heterocycles. The van der Waals surface area contributed by atoms with Crippen molar-refractivity contribution in [1.29, 1.82) is 0 Å². The molecule has 0 aliphatic carbocycles. The minimum absolute atomic E-state index is 0.775. The second-order valence-electron chi connectivity index (χ2n) is 1.86. The zero-order chi connectivity index (χ0) is 6.81. The third kappa shape index (κ3) is 0.699. The predicted octanol–water partition coefficient (Wildman–Crippen LogP) is 1.10. The Hall–Kier alpha value is -1.58. The van der Waals surface area contributed by atoms with E-state index in [0.29, 0.717) is 0 Å². The number of hydrogen-bond donors (Lipinski definition) is 1. The van der Waals surface area contributed by atoms with E-state index in [0.717, 1.165) is 11.4 Å². The van der Waals surface area contributed by atoms with E-state index < -0.39 is 0 Å². The molecule has 0 saturated heterocycles. The summed E-state index contributed by atoms with van der Waals surface area (Å²) in [5.74, 6) is 0.